The van der Waals surface area contributed by atoms with Gasteiger partial charge in [-0.15, -0.1) is 5.10 Å². The van der Waals surface area contributed by atoms with Crippen molar-refractivity contribution in [1.29, 1.82) is 0 Å². The number of carbonyl (C=O) groups is 1. The Kier molecular flexibility index (Phi) is 5.60. The first-order valence-corrected chi connectivity index (χ1v) is 8.19. The van der Waals surface area contributed by atoms with Crippen molar-refractivity contribution in [1.82, 2.24) is 20.1 Å². The van der Waals surface area contributed by atoms with Crippen LogP contribution in [0.2, 0.25) is 0 Å². The van der Waals surface area contributed by atoms with Crippen molar-refractivity contribution in [3.63, 3.8) is 0 Å². The molecule has 0 saturated carbocycles. The highest BCUT2D eigenvalue weighted by atomic mass is 16.5. The normalized spacial score (nSPS) is 11.8. The van der Waals surface area contributed by atoms with Crippen LogP contribution in [0, 0.1) is 0 Å². The third kappa shape index (κ3) is 4.46. The molecule has 7 heteroatoms. The van der Waals surface area contributed by atoms with Gasteiger partial charge in [0, 0.05) is 6.54 Å². The van der Waals surface area contributed by atoms with Crippen LogP contribution in [-0.4, -0.2) is 32.9 Å². The summed E-state index contributed by atoms with van der Waals surface area (Å²) < 4.78 is 6.56. The summed E-state index contributed by atoms with van der Waals surface area (Å²) >= 11 is 0. The van der Waals surface area contributed by atoms with Gasteiger partial charge in [0.2, 0.25) is 5.82 Å². The van der Waals surface area contributed by atoms with Gasteiger partial charge >= 0.3 is 0 Å². The van der Waals surface area contributed by atoms with Gasteiger partial charge in [-0.1, -0.05) is 42.5 Å². The predicted molar refractivity (Wildman–Crippen MR) is 95.6 cm³/mol. The molecular weight excluding hydrogens is 332 g/mol. The molecule has 3 aromatic rings. The summed E-state index contributed by atoms with van der Waals surface area (Å²) in [6, 6.07) is 16.7. The fourth-order valence-corrected chi connectivity index (χ4v) is 2.45. The van der Waals surface area contributed by atoms with Crippen LogP contribution in [-0.2, 0) is 13.1 Å². The average Bonchev–Trinajstić information content (AvgIpc) is 3.15. The summed E-state index contributed by atoms with van der Waals surface area (Å²) in [6.07, 6.45) is 0.724. The van der Waals surface area contributed by atoms with Crippen LogP contribution < -0.4 is 10.1 Å². The number of aromatic nitrogens is 3. The number of carbonyl (C=O) groups excluding carboxylic acids is 1. The average molecular weight is 352 g/mol. The molecular formula is C19H20N4O3. The van der Waals surface area contributed by atoms with Gasteiger partial charge in [0.05, 0.1) is 19.8 Å². The molecule has 0 bridgehead atoms. The number of hydrogen-bond acceptors (Lipinski definition) is 5. The molecule has 1 amide bonds. The summed E-state index contributed by atoms with van der Waals surface area (Å²) in [7, 11) is 1.60. The molecule has 0 unspecified atom stereocenters. The van der Waals surface area contributed by atoms with Crippen LogP contribution in [0.4, 0.5) is 0 Å². The minimum atomic E-state index is -0.715. The Hall–Kier alpha value is -3.19. The van der Waals surface area contributed by atoms with Crippen LogP contribution in [0.1, 0.15) is 27.8 Å². The molecule has 7 nitrogen and oxygen atoms in total. The highest BCUT2D eigenvalue weighted by molar-refractivity contribution is 5.90. The molecule has 1 aromatic heterocycles. The summed E-state index contributed by atoms with van der Waals surface area (Å²) in [5.74, 6) is 0.463. The zero-order chi connectivity index (χ0) is 18.4. The van der Waals surface area contributed by atoms with Gasteiger partial charge in [0.1, 0.15) is 12.1 Å². The first kappa shape index (κ1) is 17.6. The molecule has 134 valence electrons. The Balaban J connectivity index is 1.55. The number of rotatable bonds is 7. The molecule has 0 fully saturated rings. The Morgan fingerprint density at radius 2 is 1.92 bits per heavy atom. The van der Waals surface area contributed by atoms with E-state index in [1.807, 2.05) is 54.6 Å². The van der Waals surface area contributed by atoms with E-state index in [0.29, 0.717) is 6.54 Å². The topological polar surface area (TPSA) is 89.3 Å². The van der Waals surface area contributed by atoms with Crippen molar-refractivity contribution in [2.45, 2.75) is 19.2 Å². The van der Waals surface area contributed by atoms with E-state index in [0.717, 1.165) is 16.9 Å². The van der Waals surface area contributed by atoms with Crippen LogP contribution >= 0.6 is 0 Å². The van der Waals surface area contributed by atoms with Gasteiger partial charge in [0.15, 0.2) is 0 Å². The molecule has 0 aliphatic carbocycles. The second-order valence-corrected chi connectivity index (χ2v) is 5.75. The number of methoxy groups -OCH3 is 1. The van der Waals surface area contributed by atoms with E-state index in [2.05, 4.69) is 15.4 Å². The fraction of sp³-hybridized carbons (Fsp3) is 0.211. The van der Waals surface area contributed by atoms with Crippen LogP contribution in [0.15, 0.2) is 60.9 Å². The highest BCUT2D eigenvalue weighted by Gasteiger charge is 2.14. The molecule has 1 heterocycles. The molecule has 0 aliphatic heterocycles. The number of ether oxygens (including phenoxy) is 1. The van der Waals surface area contributed by atoms with Crippen molar-refractivity contribution in [3.8, 4) is 5.75 Å². The predicted octanol–water partition coefficient (Wildman–Crippen LogP) is 1.95. The lowest BCUT2D eigenvalue weighted by molar-refractivity contribution is 0.0938. The van der Waals surface area contributed by atoms with Gasteiger partial charge in [-0.05, 0) is 23.3 Å². The molecule has 0 aliphatic rings. The molecule has 1 atom stereocenters. The van der Waals surface area contributed by atoms with Crippen LogP contribution in [0.25, 0.3) is 0 Å². The minimum Gasteiger partial charge on any atom is -0.497 e. The Labute approximate surface area is 151 Å². The van der Waals surface area contributed by atoms with E-state index >= 15 is 0 Å². The van der Waals surface area contributed by atoms with Gasteiger partial charge in [0.25, 0.3) is 5.91 Å². The number of aliphatic hydroxyl groups excluding tert-OH is 1. The number of aliphatic hydroxyl groups is 1. The Morgan fingerprint density at radius 3 is 2.62 bits per heavy atom. The molecule has 0 spiro atoms. The number of benzene rings is 2. The highest BCUT2D eigenvalue weighted by Crippen LogP contribution is 2.14. The van der Waals surface area contributed by atoms with E-state index in [9.17, 15) is 9.90 Å². The Bertz CT molecular complexity index is 847. The minimum absolute atomic E-state index is 0.0683. The zero-order valence-electron chi connectivity index (χ0n) is 14.4. The van der Waals surface area contributed by atoms with E-state index in [1.165, 1.54) is 11.0 Å². The van der Waals surface area contributed by atoms with Crippen molar-refractivity contribution in [2.24, 2.45) is 0 Å². The van der Waals surface area contributed by atoms with E-state index in [-0.39, 0.29) is 18.3 Å². The molecule has 0 saturated heterocycles. The van der Waals surface area contributed by atoms with Crippen molar-refractivity contribution < 1.29 is 14.6 Å². The van der Waals surface area contributed by atoms with Crippen LogP contribution in [0.3, 0.4) is 0 Å². The van der Waals surface area contributed by atoms with Crippen LogP contribution in [0.5, 0.6) is 5.75 Å². The lowest BCUT2D eigenvalue weighted by atomic mass is 10.1. The van der Waals surface area contributed by atoms with Gasteiger partial charge in [-0.2, -0.15) is 0 Å². The fourth-order valence-electron chi connectivity index (χ4n) is 2.45. The standard InChI is InChI=1S/C19H20N4O3/c1-26-16-9-7-14(8-10-16)11-20-19(25)18-21-13-23(22-18)12-17(24)15-5-3-2-4-6-15/h2-10,13,17,24H,11-12H2,1H3,(H,20,25)/t17-/m1/s1. The zero-order valence-corrected chi connectivity index (χ0v) is 14.4. The third-order valence-electron chi connectivity index (χ3n) is 3.90. The van der Waals surface area contributed by atoms with E-state index in [4.69, 9.17) is 4.74 Å². The maximum Gasteiger partial charge on any atom is 0.291 e. The first-order chi connectivity index (χ1) is 12.7. The molecule has 2 aromatic carbocycles. The van der Waals surface area contributed by atoms with E-state index < -0.39 is 6.10 Å². The Morgan fingerprint density at radius 1 is 1.19 bits per heavy atom. The summed E-state index contributed by atoms with van der Waals surface area (Å²) in [5.41, 5.74) is 1.73. The van der Waals surface area contributed by atoms with Gasteiger partial charge < -0.3 is 15.2 Å². The third-order valence-corrected chi connectivity index (χ3v) is 3.90. The largest absolute Gasteiger partial charge is 0.497 e. The molecule has 3 rings (SSSR count). The summed E-state index contributed by atoms with van der Waals surface area (Å²) in [4.78, 5) is 16.2. The number of amides is 1. The summed E-state index contributed by atoms with van der Waals surface area (Å²) in [5, 5.41) is 17.1. The van der Waals surface area contributed by atoms with Crippen molar-refractivity contribution in [3.05, 3.63) is 77.9 Å². The second-order valence-electron chi connectivity index (χ2n) is 5.75. The summed E-state index contributed by atoms with van der Waals surface area (Å²) in [6.45, 7) is 0.590. The number of nitrogens with one attached hydrogen (secondary N) is 1. The van der Waals surface area contributed by atoms with Gasteiger partial charge in [-0.3, -0.25) is 4.79 Å². The second kappa shape index (κ2) is 8.26. The molecule has 2 N–H and O–H groups in total. The molecule has 26 heavy (non-hydrogen) atoms. The van der Waals surface area contributed by atoms with Crippen molar-refractivity contribution in [2.75, 3.05) is 7.11 Å². The lowest BCUT2D eigenvalue weighted by Gasteiger charge is -2.10. The molecule has 0 radical (unpaired) electrons. The number of nitrogens with zero attached hydrogens (tertiary/aromatic N) is 3. The van der Waals surface area contributed by atoms with Crippen molar-refractivity contribution >= 4 is 5.91 Å². The van der Waals surface area contributed by atoms with E-state index in [1.54, 1.807) is 7.11 Å². The SMILES string of the molecule is COc1ccc(CNC(=O)c2ncn(C[C@@H](O)c3ccccc3)n2)cc1. The maximum absolute atomic E-state index is 12.2. The smallest absolute Gasteiger partial charge is 0.291 e. The first-order valence-electron chi connectivity index (χ1n) is 8.19. The quantitative estimate of drug-likeness (QED) is 0.678. The number of hydrogen-bond donors (Lipinski definition) is 2. The lowest BCUT2D eigenvalue weighted by Crippen LogP contribution is -2.24. The maximum atomic E-state index is 12.2. The monoisotopic (exact) mass is 352 g/mol. The van der Waals surface area contributed by atoms with Gasteiger partial charge in [-0.25, -0.2) is 9.67 Å².